The van der Waals surface area contributed by atoms with Gasteiger partial charge < -0.3 is 0 Å². The summed E-state index contributed by atoms with van der Waals surface area (Å²) >= 11 is 1.65. The summed E-state index contributed by atoms with van der Waals surface area (Å²) in [6.45, 7) is 2.54. The lowest BCUT2D eigenvalue weighted by atomic mass is 10.00. The van der Waals surface area contributed by atoms with Crippen molar-refractivity contribution in [2.75, 3.05) is 12.3 Å². The van der Waals surface area contributed by atoms with Gasteiger partial charge in [0.15, 0.2) is 0 Å². The van der Waals surface area contributed by atoms with Gasteiger partial charge in [0, 0.05) is 24.9 Å². The van der Waals surface area contributed by atoms with Crippen LogP contribution in [0.2, 0.25) is 0 Å². The highest BCUT2D eigenvalue weighted by Crippen LogP contribution is 2.34. The maximum absolute atomic E-state index is 12.3. The van der Waals surface area contributed by atoms with Crippen LogP contribution in [-0.4, -0.2) is 31.1 Å². The molecule has 1 aromatic heterocycles. The Morgan fingerprint density at radius 3 is 3.00 bits per heavy atom. The van der Waals surface area contributed by atoms with Crippen molar-refractivity contribution in [1.82, 2.24) is 4.31 Å². The van der Waals surface area contributed by atoms with Crippen LogP contribution >= 0.6 is 11.3 Å². The molecule has 1 aromatic rings. The number of unbranched alkanes of at least 4 members (excludes halogenated alkanes) is 1. The third kappa shape index (κ3) is 3.35. The van der Waals surface area contributed by atoms with Crippen LogP contribution in [0.4, 0.5) is 0 Å². The molecule has 1 aliphatic heterocycles. The molecule has 1 fully saturated rings. The topological polar surface area (TPSA) is 61.2 Å². The zero-order valence-corrected chi connectivity index (χ0v) is 12.6. The van der Waals surface area contributed by atoms with Gasteiger partial charge in [-0.1, -0.05) is 0 Å². The van der Waals surface area contributed by atoms with E-state index in [1.54, 1.807) is 15.6 Å². The Morgan fingerprint density at radius 2 is 2.37 bits per heavy atom. The normalized spacial score (nSPS) is 24.4. The Bertz CT molecular complexity index is 546. The van der Waals surface area contributed by atoms with Crippen molar-refractivity contribution < 1.29 is 8.42 Å². The molecule has 1 saturated heterocycles. The Hall–Kier alpha value is -0.900. The molecule has 0 N–H and O–H groups in total. The van der Waals surface area contributed by atoms with E-state index in [0.29, 0.717) is 25.3 Å². The van der Waals surface area contributed by atoms with E-state index in [2.05, 4.69) is 11.4 Å². The Balaban J connectivity index is 2.03. The summed E-state index contributed by atoms with van der Waals surface area (Å²) in [6.07, 6.45) is 1.61. The highest BCUT2D eigenvalue weighted by atomic mass is 32.2. The third-order valence-electron chi connectivity index (χ3n) is 3.58. The molecule has 0 spiro atoms. The Kier molecular flexibility index (Phi) is 4.61. The minimum Gasteiger partial charge on any atom is -0.212 e. The van der Waals surface area contributed by atoms with Crippen LogP contribution < -0.4 is 0 Å². The van der Waals surface area contributed by atoms with Crippen molar-refractivity contribution in [2.45, 2.75) is 38.1 Å². The Labute approximate surface area is 118 Å². The van der Waals surface area contributed by atoms with Crippen molar-refractivity contribution in [3.05, 3.63) is 22.4 Å². The summed E-state index contributed by atoms with van der Waals surface area (Å²) in [5.74, 6) is 0.397. The van der Waals surface area contributed by atoms with E-state index >= 15 is 0 Å². The average molecular weight is 298 g/mol. The van der Waals surface area contributed by atoms with Gasteiger partial charge in [0.05, 0.1) is 11.8 Å². The lowest BCUT2D eigenvalue weighted by Crippen LogP contribution is -2.35. The molecule has 0 aromatic carbocycles. The molecule has 104 valence electrons. The number of hydrogen-bond acceptors (Lipinski definition) is 4. The van der Waals surface area contributed by atoms with E-state index in [0.717, 1.165) is 6.42 Å². The second-order valence-electron chi connectivity index (χ2n) is 4.99. The van der Waals surface area contributed by atoms with Gasteiger partial charge >= 0.3 is 0 Å². The molecule has 6 heteroatoms. The van der Waals surface area contributed by atoms with Gasteiger partial charge in [0.2, 0.25) is 10.0 Å². The highest BCUT2D eigenvalue weighted by molar-refractivity contribution is 7.89. The summed E-state index contributed by atoms with van der Waals surface area (Å²) in [7, 11) is -3.22. The number of rotatable bonds is 5. The first-order valence-corrected chi connectivity index (χ1v) is 8.98. The summed E-state index contributed by atoms with van der Waals surface area (Å²) < 4.78 is 26.1. The van der Waals surface area contributed by atoms with Crippen LogP contribution in [0, 0.1) is 11.3 Å². The van der Waals surface area contributed by atoms with Gasteiger partial charge in [-0.3, -0.25) is 0 Å². The molecule has 4 nitrogen and oxygen atoms in total. The zero-order chi connectivity index (χ0) is 13.9. The van der Waals surface area contributed by atoms with Crippen LogP contribution in [0.3, 0.4) is 0 Å². The molecule has 0 saturated carbocycles. The van der Waals surface area contributed by atoms with Crippen LogP contribution in [0.5, 0.6) is 0 Å². The molecule has 19 heavy (non-hydrogen) atoms. The van der Waals surface area contributed by atoms with E-state index in [9.17, 15) is 8.42 Å². The first kappa shape index (κ1) is 14.5. The van der Waals surface area contributed by atoms with Crippen molar-refractivity contribution in [1.29, 1.82) is 5.26 Å². The first-order chi connectivity index (χ1) is 9.04. The van der Waals surface area contributed by atoms with E-state index in [-0.39, 0.29) is 11.8 Å². The maximum Gasteiger partial charge on any atom is 0.214 e. The van der Waals surface area contributed by atoms with Crippen molar-refractivity contribution in [2.24, 2.45) is 0 Å². The van der Waals surface area contributed by atoms with Gasteiger partial charge in [-0.15, -0.1) is 0 Å². The highest BCUT2D eigenvalue weighted by Gasteiger charge is 2.37. The van der Waals surface area contributed by atoms with Crippen LogP contribution in [0.1, 0.15) is 37.7 Å². The minimum atomic E-state index is -3.22. The monoisotopic (exact) mass is 298 g/mol. The molecule has 2 heterocycles. The van der Waals surface area contributed by atoms with Crippen molar-refractivity contribution in [3.8, 4) is 6.07 Å². The molecule has 2 rings (SSSR count). The Morgan fingerprint density at radius 1 is 1.58 bits per heavy atom. The smallest absolute Gasteiger partial charge is 0.212 e. The van der Waals surface area contributed by atoms with Crippen LogP contribution in [-0.2, 0) is 10.0 Å². The lowest BCUT2D eigenvalue weighted by Gasteiger charge is -2.20. The van der Waals surface area contributed by atoms with Crippen molar-refractivity contribution in [3.63, 3.8) is 0 Å². The van der Waals surface area contributed by atoms with Gasteiger partial charge in [-0.05, 0) is 42.2 Å². The molecular weight excluding hydrogens is 280 g/mol. The van der Waals surface area contributed by atoms with Crippen LogP contribution in [0.25, 0.3) is 0 Å². The molecular formula is C13H18N2O2S2. The quantitative estimate of drug-likeness (QED) is 0.785. The second kappa shape index (κ2) is 6.04. The van der Waals surface area contributed by atoms with Crippen LogP contribution in [0.15, 0.2) is 16.8 Å². The van der Waals surface area contributed by atoms with Gasteiger partial charge in [-0.2, -0.15) is 20.9 Å². The fraction of sp³-hybridized carbons (Fsp3) is 0.615. The average Bonchev–Trinajstić information content (AvgIpc) is 2.97. The number of nitriles is 1. The fourth-order valence-electron chi connectivity index (χ4n) is 2.59. The largest absolute Gasteiger partial charge is 0.214 e. The van der Waals surface area contributed by atoms with Gasteiger partial charge in [0.25, 0.3) is 0 Å². The summed E-state index contributed by atoms with van der Waals surface area (Å²) in [5, 5.41) is 12.6. The van der Waals surface area contributed by atoms with E-state index < -0.39 is 10.0 Å². The first-order valence-electron chi connectivity index (χ1n) is 6.43. The standard InChI is InChI=1S/C13H18N2O2S2/c1-11-8-13(12-4-6-18-10-12)9-15(11)19(16,17)7-3-2-5-14/h4,6,10-11,13H,2-3,7-9H2,1H3/t11-,13-/m1/s1. The summed E-state index contributed by atoms with van der Waals surface area (Å²) in [4.78, 5) is 0. The second-order valence-corrected chi connectivity index (χ2v) is 7.81. The van der Waals surface area contributed by atoms with Gasteiger partial charge in [-0.25, -0.2) is 8.42 Å². The molecule has 0 radical (unpaired) electrons. The molecule has 0 aliphatic carbocycles. The SMILES string of the molecule is C[C@@H]1C[C@@H](c2ccsc2)CN1S(=O)(=O)CCCC#N. The zero-order valence-electron chi connectivity index (χ0n) is 10.9. The third-order valence-corrected chi connectivity index (χ3v) is 6.31. The van der Waals surface area contributed by atoms with E-state index in [1.165, 1.54) is 5.56 Å². The summed E-state index contributed by atoms with van der Waals surface area (Å²) in [5.41, 5.74) is 1.24. The number of hydrogen-bond donors (Lipinski definition) is 0. The molecule has 0 amide bonds. The molecule has 0 unspecified atom stereocenters. The predicted molar refractivity (Wildman–Crippen MR) is 76.5 cm³/mol. The maximum atomic E-state index is 12.3. The minimum absolute atomic E-state index is 0.0528. The number of sulfonamides is 1. The molecule has 2 atom stereocenters. The summed E-state index contributed by atoms with van der Waals surface area (Å²) in [6, 6.07) is 4.12. The van der Waals surface area contributed by atoms with Gasteiger partial charge in [0.1, 0.15) is 0 Å². The molecule has 1 aliphatic rings. The van der Waals surface area contributed by atoms with Crippen molar-refractivity contribution >= 4 is 21.4 Å². The fourth-order valence-corrected chi connectivity index (χ4v) is 5.12. The van der Waals surface area contributed by atoms with E-state index in [4.69, 9.17) is 5.26 Å². The lowest BCUT2D eigenvalue weighted by molar-refractivity contribution is 0.406. The predicted octanol–water partition coefficient (Wildman–Crippen LogP) is 2.56. The molecule has 0 bridgehead atoms. The number of nitrogens with zero attached hydrogens (tertiary/aromatic N) is 2. The number of thiophene rings is 1. The van der Waals surface area contributed by atoms with E-state index in [1.807, 2.05) is 18.4 Å².